The van der Waals surface area contributed by atoms with Gasteiger partial charge in [-0.25, -0.2) is 13.5 Å². The minimum absolute atomic E-state index is 0.00677. The molecule has 2 amide bonds. The number of benzene rings is 2. The van der Waals surface area contributed by atoms with E-state index in [-0.39, 0.29) is 24.3 Å². The van der Waals surface area contributed by atoms with Crippen molar-refractivity contribution < 1.29 is 18.4 Å². The highest BCUT2D eigenvalue weighted by atomic mass is 19.1. The lowest BCUT2D eigenvalue weighted by Crippen LogP contribution is -2.28. The quantitative estimate of drug-likeness (QED) is 0.651. The Kier molecular flexibility index (Phi) is 6.31. The molecule has 0 saturated heterocycles. The molecule has 9 heteroatoms. The van der Waals surface area contributed by atoms with Crippen LogP contribution in [-0.2, 0) is 11.3 Å². The first-order valence-corrected chi connectivity index (χ1v) is 9.03. The number of nitrogens with zero attached hydrogens (tertiary/aromatic N) is 2. The molecule has 3 aromatic rings. The third kappa shape index (κ3) is 5.34. The molecule has 0 unspecified atom stereocenters. The number of carbonyl (C=O) groups is 2. The van der Waals surface area contributed by atoms with E-state index in [0.717, 1.165) is 28.4 Å². The maximum absolute atomic E-state index is 13.6. The van der Waals surface area contributed by atoms with Gasteiger partial charge in [-0.1, -0.05) is 12.1 Å². The van der Waals surface area contributed by atoms with Gasteiger partial charge in [-0.05, 0) is 42.8 Å². The highest BCUT2D eigenvalue weighted by Gasteiger charge is 2.12. The summed E-state index contributed by atoms with van der Waals surface area (Å²) in [4.78, 5) is 36.4. The van der Waals surface area contributed by atoms with Crippen LogP contribution in [0.25, 0.3) is 0 Å². The second-order valence-corrected chi connectivity index (χ2v) is 6.53. The van der Waals surface area contributed by atoms with Crippen molar-refractivity contribution in [1.29, 1.82) is 0 Å². The number of nitrogens with one attached hydrogen (secondary N) is 2. The number of rotatable bonds is 6. The van der Waals surface area contributed by atoms with Gasteiger partial charge in [0, 0.05) is 24.2 Å². The predicted molar refractivity (Wildman–Crippen MR) is 107 cm³/mol. The van der Waals surface area contributed by atoms with Gasteiger partial charge >= 0.3 is 0 Å². The highest BCUT2D eigenvalue weighted by Crippen LogP contribution is 2.15. The number of hydrogen-bond donors (Lipinski definition) is 2. The molecule has 2 N–H and O–H groups in total. The third-order valence-corrected chi connectivity index (χ3v) is 4.13. The predicted octanol–water partition coefficient (Wildman–Crippen LogP) is 3.11. The molecule has 3 rings (SSSR count). The fourth-order valence-electron chi connectivity index (χ4n) is 2.66. The zero-order chi connectivity index (χ0) is 21.7. The Morgan fingerprint density at radius 3 is 2.60 bits per heavy atom. The van der Waals surface area contributed by atoms with Gasteiger partial charge in [-0.2, -0.15) is 5.10 Å². The second kappa shape index (κ2) is 9.08. The smallest absolute Gasteiger partial charge is 0.276 e. The number of aromatic nitrogens is 2. The summed E-state index contributed by atoms with van der Waals surface area (Å²) in [6, 6.07) is 12.3. The molecule has 30 heavy (non-hydrogen) atoms. The van der Waals surface area contributed by atoms with E-state index >= 15 is 0 Å². The first-order valence-electron chi connectivity index (χ1n) is 9.03. The molecule has 0 saturated carbocycles. The Morgan fingerprint density at radius 2 is 1.83 bits per heavy atom. The van der Waals surface area contributed by atoms with Crippen LogP contribution in [0.1, 0.15) is 22.5 Å². The minimum Gasteiger partial charge on any atom is -0.323 e. The largest absolute Gasteiger partial charge is 0.323 e. The van der Waals surface area contributed by atoms with E-state index in [1.54, 1.807) is 18.2 Å². The van der Waals surface area contributed by atoms with E-state index in [2.05, 4.69) is 15.7 Å². The second-order valence-electron chi connectivity index (χ2n) is 6.53. The van der Waals surface area contributed by atoms with Crippen LogP contribution >= 0.6 is 0 Å². The van der Waals surface area contributed by atoms with E-state index in [0.29, 0.717) is 5.69 Å². The molecular weight excluding hydrogens is 394 g/mol. The van der Waals surface area contributed by atoms with Crippen LogP contribution < -0.4 is 16.2 Å². The summed E-state index contributed by atoms with van der Waals surface area (Å²) >= 11 is 0. The zero-order valence-corrected chi connectivity index (χ0v) is 16.0. The van der Waals surface area contributed by atoms with E-state index in [1.807, 2.05) is 13.0 Å². The van der Waals surface area contributed by atoms with Crippen molar-refractivity contribution in [3.63, 3.8) is 0 Å². The van der Waals surface area contributed by atoms with Crippen LogP contribution in [0.5, 0.6) is 0 Å². The Bertz CT molecular complexity index is 1160. The van der Waals surface area contributed by atoms with Crippen molar-refractivity contribution in [2.45, 2.75) is 19.9 Å². The Morgan fingerprint density at radius 1 is 1.03 bits per heavy atom. The fraction of sp³-hybridized carbons (Fsp3) is 0.143. The summed E-state index contributed by atoms with van der Waals surface area (Å²) in [6.45, 7) is 1.74. The van der Waals surface area contributed by atoms with Crippen LogP contribution in [0.15, 0.2) is 59.4 Å². The van der Waals surface area contributed by atoms with Crippen LogP contribution in [0.3, 0.4) is 0 Å². The van der Waals surface area contributed by atoms with E-state index < -0.39 is 29.0 Å². The molecule has 7 nitrogen and oxygen atoms in total. The zero-order valence-electron chi connectivity index (χ0n) is 16.0. The van der Waals surface area contributed by atoms with Crippen molar-refractivity contribution in [1.82, 2.24) is 9.78 Å². The van der Waals surface area contributed by atoms with Crippen LogP contribution in [0.2, 0.25) is 0 Å². The maximum Gasteiger partial charge on any atom is 0.276 e. The number of amides is 2. The van der Waals surface area contributed by atoms with Gasteiger partial charge in [0.1, 0.15) is 17.3 Å². The third-order valence-electron chi connectivity index (χ3n) is 4.13. The van der Waals surface area contributed by atoms with Crippen molar-refractivity contribution in [2.24, 2.45) is 0 Å². The Balaban J connectivity index is 1.66. The van der Waals surface area contributed by atoms with Crippen LogP contribution in [-0.4, -0.2) is 21.6 Å². The Hall–Kier alpha value is -3.88. The van der Waals surface area contributed by atoms with E-state index in [4.69, 9.17) is 0 Å². The van der Waals surface area contributed by atoms with Gasteiger partial charge in [0.25, 0.3) is 11.5 Å². The molecule has 1 heterocycles. The van der Waals surface area contributed by atoms with Gasteiger partial charge in [0.15, 0.2) is 0 Å². The van der Waals surface area contributed by atoms with Crippen molar-refractivity contribution >= 4 is 23.2 Å². The molecule has 0 radical (unpaired) electrons. The normalized spacial score (nSPS) is 10.5. The molecule has 154 valence electrons. The van der Waals surface area contributed by atoms with Gasteiger partial charge < -0.3 is 10.6 Å². The van der Waals surface area contributed by atoms with Crippen molar-refractivity contribution in [2.75, 3.05) is 10.6 Å². The molecule has 0 aliphatic rings. The number of halogens is 2. The molecule has 0 bridgehead atoms. The first-order chi connectivity index (χ1) is 14.3. The SMILES string of the molecule is Cc1cccc(NC(=O)c2ccc(=O)n(CCC(=O)Nc3cc(F)ccc3F)n2)c1. The average molecular weight is 412 g/mol. The van der Waals surface area contributed by atoms with Crippen molar-refractivity contribution in [3.8, 4) is 0 Å². The number of aryl methyl sites for hydroxylation is 2. The van der Waals surface area contributed by atoms with Crippen LogP contribution in [0.4, 0.5) is 20.2 Å². The number of hydrogen-bond acceptors (Lipinski definition) is 4. The molecule has 0 fully saturated rings. The summed E-state index contributed by atoms with van der Waals surface area (Å²) < 4.78 is 27.8. The molecule has 1 aromatic heterocycles. The molecular formula is C21H18F2N4O3. The van der Waals surface area contributed by atoms with Crippen molar-refractivity contribution in [3.05, 3.63) is 87.8 Å². The monoisotopic (exact) mass is 412 g/mol. The summed E-state index contributed by atoms with van der Waals surface area (Å²) in [5.41, 5.74) is 0.730. The Labute approximate surface area is 170 Å². The van der Waals surface area contributed by atoms with Crippen LogP contribution in [0, 0.1) is 18.6 Å². The molecule has 0 spiro atoms. The lowest BCUT2D eigenvalue weighted by atomic mass is 10.2. The summed E-state index contributed by atoms with van der Waals surface area (Å²) in [7, 11) is 0. The molecule has 0 aliphatic heterocycles. The van der Waals surface area contributed by atoms with E-state index in [9.17, 15) is 23.2 Å². The topological polar surface area (TPSA) is 93.1 Å². The lowest BCUT2D eigenvalue weighted by molar-refractivity contribution is -0.116. The number of anilines is 2. The molecule has 2 aromatic carbocycles. The maximum atomic E-state index is 13.6. The fourth-order valence-corrected chi connectivity index (χ4v) is 2.66. The van der Waals surface area contributed by atoms with Gasteiger partial charge in [-0.15, -0.1) is 0 Å². The summed E-state index contributed by atoms with van der Waals surface area (Å²) in [5, 5.41) is 8.90. The molecule has 0 aliphatic carbocycles. The van der Waals surface area contributed by atoms with Gasteiger partial charge in [0.05, 0.1) is 12.2 Å². The van der Waals surface area contributed by atoms with E-state index in [1.165, 1.54) is 12.1 Å². The average Bonchev–Trinajstić information content (AvgIpc) is 2.70. The summed E-state index contributed by atoms with van der Waals surface area (Å²) in [5.74, 6) is -2.63. The lowest BCUT2D eigenvalue weighted by Gasteiger charge is -2.09. The highest BCUT2D eigenvalue weighted by molar-refractivity contribution is 6.02. The first kappa shape index (κ1) is 20.8. The van der Waals surface area contributed by atoms with Gasteiger partial charge in [0.2, 0.25) is 5.91 Å². The minimum atomic E-state index is -0.783. The standard InChI is InChI=1S/C21H18F2N4O3/c1-13-3-2-4-15(11-13)24-21(30)17-7-8-20(29)27(26-17)10-9-19(28)25-18-12-14(22)5-6-16(18)23/h2-8,11-12H,9-10H2,1H3,(H,24,30)(H,25,28). The molecule has 0 atom stereocenters. The number of carbonyl (C=O) groups excluding carboxylic acids is 2. The summed E-state index contributed by atoms with van der Waals surface area (Å²) in [6.07, 6.45) is -0.230. The van der Waals surface area contributed by atoms with Gasteiger partial charge in [-0.3, -0.25) is 14.4 Å².